The molecule has 0 aromatic carbocycles. The molecule has 0 bridgehead atoms. The van der Waals surface area contributed by atoms with Gasteiger partial charge in [0.2, 0.25) is 0 Å². The highest BCUT2D eigenvalue weighted by Gasteiger charge is 2.62. The highest BCUT2D eigenvalue weighted by molar-refractivity contribution is 6.51. The molecule has 2 nitrogen and oxygen atoms in total. The van der Waals surface area contributed by atoms with E-state index in [0.717, 1.165) is 0 Å². The van der Waals surface area contributed by atoms with Crippen LogP contribution in [-0.4, -0.2) is 21.3 Å². The third-order valence-corrected chi connectivity index (χ3v) is 2.98. The summed E-state index contributed by atoms with van der Waals surface area (Å²) in [6.07, 6.45) is 0.386. The molecule has 1 saturated carbocycles. The molecule has 0 saturated heterocycles. The first kappa shape index (κ1) is 9.30. The van der Waals surface area contributed by atoms with Crippen LogP contribution in [0.2, 0.25) is 0 Å². The molecule has 0 radical (unpaired) electrons. The summed E-state index contributed by atoms with van der Waals surface area (Å²) in [6.45, 7) is 1.51. The lowest BCUT2D eigenvalue weighted by atomic mass is 10.2. The van der Waals surface area contributed by atoms with Crippen molar-refractivity contribution < 1.29 is 9.90 Å². The summed E-state index contributed by atoms with van der Waals surface area (Å²) in [5.41, 5.74) is 0. The highest BCUT2D eigenvalue weighted by atomic mass is 35.5. The number of aliphatic hydroxyl groups excluding tert-OH is 1. The Kier molecular flexibility index (Phi) is 2.47. The summed E-state index contributed by atoms with van der Waals surface area (Å²) in [4.78, 5) is 10.5. The molecule has 11 heavy (non-hydrogen) atoms. The van der Waals surface area contributed by atoms with Crippen LogP contribution in [0.5, 0.6) is 0 Å². The molecular formula is C7H10Cl2O2. The first-order valence-electron chi connectivity index (χ1n) is 3.51. The van der Waals surface area contributed by atoms with Crippen molar-refractivity contribution in [1.29, 1.82) is 0 Å². The molecular weight excluding hydrogens is 187 g/mol. The number of ketones is 1. The second-order valence-corrected chi connectivity index (χ2v) is 4.41. The molecule has 0 amide bonds. The average molecular weight is 197 g/mol. The summed E-state index contributed by atoms with van der Waals surface area (Å²) in [6, 6.07) is 0. The zero-order chi connectivity index (χ0) is 8.65. The Morgan fingerprint density at radius 3 is 2.36 bits per heavy atom. The van der Waals surface area contributed by atoms with Gasteiger partial charge in [0, 0.05) is 12.3 Å². The largest absolute Gasteiger partial charge is 0.390 e. The monoisotopic (exact) mass is 196 g/mol. The van der Waals surface area contributed by atoms with Gasteiger partial charge in [-0.05, 0) is 13.3 Å². The minimum absolute atomic E-state index is 0.105. The molecule has 0 aromatic rings. The molecule has 1 N–H and O–H groups in total. The van der Waals surface area contributed by atoms with Gasteiger partial charge in [-0.1, -0.05) is 23.2 Å². The first-order chi connectivity index (χ1) is 4.96. The van der Waals surface area contributed by atoms with Gasteiger partial charge in [0.25, 0.3) is 0 Å². The number of rotatable bonds is 3. The van der Waals surface area contributed by atoms with Crippen molar-refractivity contribution in [1.82, 2.24) is 0 Å². The molecule has 1 rings (SSSR count). The Hall–Kier alpha value is 0.210. The number of halogens is 2. The number of hydrogen-bond donors (Lipinski definition) is 1. The van der Waals surface area contributed by atoms with Crippen LogP contribution in [-0.2, 0) is 4.79 Å². The molecule has 0 aromatic heterocycles. The molecule has 1 fully saturated rings. The maximum absolute atomic E-state index is 10.5. The van der Waals surface area contributed by atoms with Crippen LogP contribution < -0.4 is 0 Å². The molecule has 0 unspecified atom stereocenters. The first-order valence-corrected chi connectivity index (χ1v) is 4.27. The Morgan fingerprint density at radius 2 is 2.09 bits per heavy atom. The van der Waals surface area contributed by atoms with Crippen LogP contribution in [0.25, 0.3) is 0 Å². The normalized spacial score (nSPS) is 33.5. The van der Waals surface area contributed by atoms with Gasteiger partial charge in [0.15, 0.2) is 0 Å². The number of carbonyl (C=O) groups excluding carboxylic acids is 1. The van der Waals surface area contributed by atoms with Crippen LogP contribution in [0.4, 0.5) is 0 Å². The fourth-order valence-electron chi connectivity index (χ4n) is 1.08. The van der Waals surface area contributed by atoms with Gasteiger partial charge in [-0.2, -0.15) is 0 Å². The second-order valence-electron chi connectivity index (χ2n) is 2.97. The van der Waals surface area contributed by atoms with Crippen LogP contribution >= 0.6 is 23.2 Å². The van der Waals surface area contributed by atoms with E-state index in [4.69, 9.17) is 28.3 Å². The predicted octanol–water partition coefficient (Wildman–Crippen LogP) is 1.52. The lowest BCUT2D eigenvalue weighted by Gasteiger charge is -1.94. The van der Waals surface area contributed by atoms with Crippen LogP contribution in [0, 0.1) is 5.92 Å². The third-order valence-electron chi connectivity index (χ3n) is 1.97. The summed E-state index contributed by atoms with van der Waals surface area (Å²) >= 11 is 11.3. The van der Waals surface area contributed by atoms with E-state index in [1.807, 2.05) is 0 Å². The average Bonchev–Trinajstić information content (AvgIpc) is 2.30. The molecule has 1 aliphatic carbocycles. The summed E-state index contributed by atoms with van der Waals surface area (Å²) in [5.74, 6) is -0.0111. The second kappa shape index (κ2) is 2.92. The van der Waals surface area contributed by atoms with Crippen molar-refractivity contribution in [2.45, 2.75) is 30.2 Å². The SMILES string of the molecule is CC(=O)CC[C@@H]1[C@H](O)C1(Cl)Cl. The maximum atomic E-state index is 10.5. The van der Waals surface area contributed by atoms with E-state index < -0.39 is 10.4 Å². The van der Waals surface area contributed by atoms with E-state index >= 15 is 0 Å². The third kappa shape index (κ3) is 1.86. The van der Waals surface area contributed by atoms with Crippen LogP contribution in [0.1, 0.15) is 19.8 Å². The van der Waals surface area contributed by atoms with E-state index in [2.05, 4.69) is 0 Å². The molecule has 0 aliphatic heterocycles. The van der Waals surface area contributed by atoms with Gasteiger partial charge in [-0.15, -0.1) is 0 Å². The Morgan fingerprint density at radius 1 is 1.64 bits per heavy atom. The topological polar surface area (TPSA) is 37.3 Å². The molecule has 1 aliphatic rings. The van der Waals surface area contributed by atoms with Crippen molar-refractivity contribution in [2.75, 3.05) is 0 Å². The van der Waals surface area contributed by atoms with Gasteiger partial charge < -0.3 is 9.90 Å². The lowest BCUT2D eigenvalue weighted by Crippen LogP contribution is -1.94. The summed E-state index contributed by atoms with van der Waals surface area (Å²) < 4.78 is -0.991. The predicted molar refractivity (Wildman–Crippen MR) is 43.8 cm³/mol. The molecule has 0 heterocycles. The zero-order valence-electron chi connectivity index (χ0n) is 6.18. The minimum atomic E-state index is -0.991. The Bertz CT molecular complexity index is 179. The van der Waals surface area contributed by atoms with Crippen LogP contribution in [0.3, 0.4) is 0 Å². The molecule has 4 heteroatoms. The molecule has 2 atom stereocenters. The Labute approximate surface area is 75.5 Å². The number of alkyl halides is 2. The van der Waals surface area contributed by atoms with E-state index in [1.54, 1.807) is 0 Å². The van der Waals surface area contributed by atoms with E-state index in [1.165, 1.54) is 6.92 Å². The van der Waals surface area contributed by atoms with E-state index in [-0.39, 0.29) is 11.7 Å². The van der Waals surface area contributed by atoms with Gasteiger partial charge in [-0.25, -0.2) is 0 Å². The summed E-state index contributed by atoms with van der Waals surface area (Å²) in [7, 11) is 0. The van der Waals surface area contributed by atoms with Crippen molar-refractivity contribution in [3.05, 3.63) is 0 Å². The van der Waals surface area contributed by atoms with Gasteiger partial charge in [0.1, 0.15) is 10.1 Å². The quantitative estimate of drug-likeness (QED) is 0.696. The van der Waals surface area contributed by atoms with E-state index in [0.29, 0.717) is 12.8 Å². The van der Waals surface area contributed by atoms with Crippen molar-refractivity contribution in [3.8, 4) is 0 Å². The van der Waals surface area contributed by atoms with Gasteiger partial charge in [0.05, 0.1) is 6.10 Å². The number of Topliss-reactive ketones (excluding diaryl/α,β-unsaturated/α-hetero) is 1. The lowest BCUT2D eigenvalue weighted by molar-refractivity contribution is -0.117. The Balaban J connectivity index is 2.27. The van der Waals surface area contributed by atoms with E-state index in [9.17, 15) is 4.79 Å². The maximum Gasteiger partial charge on any atom is 0.149 e. The smallest absolute Gasteiger partial charge is 0.149 e. The zero-order valence-corrected chi connectivity index (χ0v) is 7.69. The number of carbonyl (C=O) groups is 1. The van der Waals surface area contributed by atoms with Gasteiger partial charge in [-0.3, -0.25) is 0 Å². The highest BCUT2D eigenvalue weighted by Crippen LogP contribution is 2.55. The fraction of sp³-hybridized carbons (Fsp3) is 0.857. The fourth-order valence-corrected chi connectivity index (χ4v) is 1.72. The standard InChI is InChI=1S/C7H10Cl2O2/c1-4(10)2-3-5-6(11)7(5,8)9/h5-6,11H,2-3H2,1H3/t5-,6+/m1/s1. The number of aliphatic hydroxyl groups is 1. The van der Waals surface area contributed by atoms with Gasteiger partial charge >= 0.3 is 0 Å². The van der Waals surface area contributed by atoms with Crippen molar-refractivity contribution in [3.63, 3.8) is 0 Å². The van der Waals surface area contributed by atoms with Crippen molar-refractivity contribution >= 4 is 29.0 Å². The summed E-state index contributed by atoms with van der Waals surface area (Å²) in [5, 5.41) is 9.09. The number of hydrogen-bond acceptors (Lipinski definition) is 2. The van der Waals surface area contributed by atoms with Crippen molar-refractivity contribution in [2.24, 2.45) is 5.92 Å². The molecule has 64 valence electrons. The van der Waals surface area contributed by atoms with Crippen LogP contribution in [0.15, 0.2) is 0 Å². The molecule has 0 spiro atoms. The minimum Gasteiger partial charge on any atom is -0.390 e.